The van der Waals surface area contributed by atoms with Crippen molar-refractivity contribution in [3.8, 4) is 21.9 Å². The summed E-state index contributed by atoms with van der Waals surface area (Å²) in [5.74, 6) is -0.213. The molecule has 174 valence electrons. The van der Waals surface area contributed by atoms with E-state index in [2.05, 4.69) is 15.2 Å². The zero-order valence-electron chi connectivity index (χ0n) is 18.5. The Morgan fingerprint density at radius 2 is 1.91 bits per heavy atom. The van der Waals surface area contributed by atoms with Crippen LogP contribution in [0.4, 0.5) is 8.78 Å². The Morgan fingerprint density at radius 3 is 2.71 bits per heavy atom. The summed E-state index contributed by atoms with van der Waals surface area (Å²) in [6.07, 6.45) is 3.09. The van der Waals surface area contributed by atoms with Gasteiger partial charge < -0.3 is 9.32 Å². The van der Waals surface area contributed by atoms with Crippen LogP contribution in [0.15, 0.2) is 52.9 Å². The molecule has 1 amide bonds. The van der Waals surface area contributed by atoms with E-state index in [1.165, 1.54) is 35.6 Å². The highest BCUT2D eigenvalue weighted by Crippen LogP contribution is 2.33. The number of amides is 1. The molecule has 6 nitrogen and oxygen atoms in total. The predicted molar refractivity (Wildman–Crippen MR) is 124 cm³/mol. The smallest absolute Gasteiger partial charge is 0.274 e. The molecule has 1 aliphatic heterocycles. The minimum absolute atomic E-state index is 0.120. The number of carbonyl (C=O) groups is 1. The van der Waals surface area contributed by atoms with Gasteiger partial charge in [0.2, 0.25) is 11.8 Å². The molecule has 3 heterocycles. The van der Waals surface area contributed by atoms with Gasteiger partial charge in [0, 0.05) is 24.6 Å². The first-order valence-corrected chi connectivity index (χ1v) is 11.9. The van der Waals surface area contributed by atoms with E-state index >= 15 is 0 Å². The van der Waals surface area contributed by atoms with Gasteiger partial charge >= 0.3 is 0 Å². The van der Waals surface area contributed by atoms with Crippen molar-refractivity contribution in [2.75, 3.05) is 6.54 Å². The molecule has 4 aromatic rings. The molecule has 0 bridgehead atoms. The van der Waals surface area contributed by atoms with Crippen LogP contribution in [0.2, 0.25) is 0 Å². The second-order valence-corrected chi connectivity index (χ2v) is 9.48. The van der Waals surface area contributed by atoms with Gasteiger partial charge in [-0.3, -0.25) is 4.79 Å². The molecule has 1 aliphatic rings. The van der Waals surface area contributed by atoms with Gasteiger partial charge in [0.05, 0.1) is 9.88 Å². The number of thiazole rings is 1. The minimum Gasteiger partial charge on any atom is -0.421 e. The van der Waals surface area contributed by atoms with E-state index in [0.29, 0.717) is 30.1 Å². The fourth-order valence-electron chi connectivity index (χ4n) is 4.26. The molecule has 2 aromatic carbocycles. The molecular formula is C25H22F2N4O2S. The van der Waals surface area contributed by atoms with Gasteiger partial charge in [-0.2, -0.15) is 0 Å². The Balaban J connectivity index is 1.39. The quantitative estimate of drug-likeness (QED) is 0.367. The highest BCUT2D eigenvalue weighted by atomic mass is 32.1. The molecule has 5 rings (SSSR count). The van der Waals surface area contributed by atoms with Crippen molar-refractivity contribution in [3.63, 3.8) is 0 Å². The number of aromatic nitrogens is 3. The topological polar surface area (TPSA) is 72.1 Å². The second kappa shape index (κ2) is 9.42. The number of benzene rings is 2. The number of halogens is 2. The summed E-state index contributed by atoms with van der Waals surface area (Å²) >= 11 is 1.42. The second-order valence-electron chi connectivity index (χ2n) is 8.28. The number of rotatable bonds is 5. The molecule has 1 fully saturated rings. The van der Waals surface area contributed by atoms with Crippen molar-refractivity contribution in [3.05, 3.63) is 76.8 Å². The number of hydrogen-bond acceptors (Lipinski definition) is 6. The highest BCUT2D eigenvalue weighted by molar-refractivity contribution is 7.15. The van der Waals surface area contributed by atoms with Gasteiger partial charge in [-0.25, -0.2) is 13.8 Å². The van der Waals surface area contributed by atoms with Gasteiger partial charge in [-0.15, -0.1) is 21.5 Å². The van der Waals surface area contributed by atoms with Crippen molar-refractivity contribution in [1.29, 1.82) is 0 Å². The first-order chi connectivity index (χ1) is 16.5. The third-order valence-electron chi connectivity index (χ3n) is 5.88. The average Bonchev–Trinajstić information content (AvgIpc) is 3.46. The molecule has 0 radical (unpaired) electrons. The fourth-order valence-corrected chi connectivity index (χ4v) is 5.18. The molecule has 1 atom stereocenters. The van der Waals surface area contributed by atoms with Crippen molar-refractivity contribution in [2.45, 2.75) is 38.6 Å². The summed E-state index contributed by atoms with van der Waals surface area (Å²) in [5, 5.41) is 8.96. The summed E-state index contributed by atoms with van der Waals surface area (Å²) < 4.78 is 32.8. The third-order valence-corrected chi connectivity index (χ3v) is 6.90. The number of piperidine rings is 1. The monoisotopic (exact) mass is 480 g/mol. The van der Waals surface area contributed by atoms with E-state index < -0.39 is 0 Å². The Bertz CT molecular complexity index is 1320. The number of likely N-dealkylation sites (tertiary alicyclic amines) is 1. The first-order valence-electron chi connectivity index (χ1n) is 11.1. The zero-order chi connectivity index (χ0) is 23.7. The van der Waals surface area contributed by atoms with E-state index in [4.69, 9.17) is 4.42 Å². The number of aryl methyl sites for hydroxylation is 1. The van der Waals surface area contributed by atoms with Gasteiger partial charge in [-0.05, 0) is 62.1 Å². The third kappa shape index (κ3) is 4.61. The molecule has 9 heteroatoms. The summed E-state index contributed by atoms with van der Waals surface area (Å²) in [4.78, 5) is 20.7. The number of carbonyl (C=O) groups excluding carboxylic acids is 1. The standard InChI is InChI=1S/C25H22F2N4O2S/c1-15-28-22(23(34-15)16-8-10-18(26)11-9-16)25(32)31-12-3-2-7-20(31)14-21-29-30-24(33-21)17-5-4-6-19(27)13-17/h4-6,8-11,13,20H,2-3,7,12,14H2,1H3. The zero-order valence-corrected chi connectivity index (χ0v) is 19.3. The predicted octanol–water partition coefficient (Wildman–Crippen LogP) is 5.68. The Morgan fingerprint density at radius 1 is 1.09 bits per heavy atom. The van der Waals surface area contributed by atoms with Crippen LogP contribution in [0, 0.1) is 18.6 Å². The molecule has 1 saturated heterocycles. The lowest BCUT2D eigenvalue weighted by Crippen LogP contribution is -2.45. The lowest BCUT2D eigenvalue weighted by atomic mass is 9.98. The summed E-state index contributed by atoms with van der Waals surface area (Å²) in [6, 6.07) is 12.0. The van der Waals surface area contributed by atoms with Gasteiger partial charge in [0.15, 0.2) is 0 Å². The molecule has 0 aliphatic carbocycles. The summed E-state index contributed by atoms with van der Waals surface area (Å²) in [6.45, 7) is 2.46. The Hall–Kier alpha value is -3.46. The van der Waals surface area contributed by atoms with Crippen LogP contribution in [-0.4, -0.2) is 38.6 Å². The summed E-state index contributed by atoms with van der Waals surface area (Å²) in [7, 11) is 0. The van der Waals surface area contributed by atoms with Crippen molar-refractivity contribution in [2.24, 2.45) is 0 Å². The maximum Gasteiger partial charge on any atom is 0.274 e. The van der Waals surface area contributed by atoms with Crippen molar-refractivity contribution >= 4 is 17.2 Å². The van der Waals surface area contributed by atoms with Crippen molar-refractivity contribution < 1.29 is 18.0 Å². The average molecular weight is 481 g/mol. The lowest BCUT2D eigenvalue weighted by Gasteiger charge is -2.35. The van der Waals surface area contributed by atoms with E-state index in [9.17, 15) is 13.6 Å². The molecule has 0 N–H and O–H groups in total. The van der Waals surface area contributed by atoms with Crippen molar-refractivity contribution in [1.82, 2.24) is 20.1 Å². The lowest BCUT2D eigenvalue weighted by molar-refractivity contribution is 0.0601. The minimum atomic E-state index is -0.378. The maximum absolute atomic E-state index is 13.6. The molecule has 0 saturated carbocycles. The highest BCUT2D eigenvalue weighted by Gasteiger charge is 2.32. The van der Waals surface area contributed by atoms with Crippen LogP contribution in [0.5, 0.6) is 0 Å². The van der Waals surface area contributed by atoms with E-state index in [1.807, 2.05) is 11.8 Å². The largest absolute Gasteiger partial charge is 0.421 e. The fraction of sp³-hybridized carbons (Fsp3) is 0.280. The molecule has 0 spiro atoms. The first kappa shape index (κ1) is 22.3. The Kier molecular flexibility index (Phi) is 6.19. The van der Waals surface area contributed by atoms with Crippen LogP contribution in [0.3, 0.4) is 0 Å². The van der Waals surface area contributed by atoms with E-state index in [-0.39, 0.29) is 29.5 Å². The Labute approximate surface area is 199 Å². The van der Waals surface area contributed by atoms with Crippen LogP contribution in [-0.2, 0) is 6.42 Å². The molecule has 2 aromatic heterocycles. The summed E-state index contributed by atoms with van der Waals surface area (Å²) in [5.41, 5.74) is 1.66. The molecule has 34 heavy (non-hydrogen) atoms. The SMILES string of the molecule is Cc1nc(C(=O)N2CCCCC2Cc2nnc(-c3cccc(F)c3)o2)c(-c2ccc(F)cc2)s1. The number of nitrogens with zero attached hydrogens (tertiary/aromatic N) is 4. The normalized spacial score (nSPS) is 16.1. The van der Waals surface area contributed by atoms with Crippen LogP contribution in [0.1, 0.15) is 40.6 Å². The van der Waals surface area contributed by atoms with Crippen LogP contribution in [0.25, 0.3) is 21.9 Å². The van der Waals surface area contributed by atoms with Gasteiger partial charge in [-0.1, -0.05) is 18.2 Å². The maximum atomic E-state index is 13.6. The van der Waals surface area contributed by atoms with Gasteiger partial charge in [0.25, 0.3) is 5.91 Å². The molecule has 1 unspecified atom stereocenters. The van der Waals surface area contributed by atoms with Gasteiger partial charge in [0.1, 0.15) is 17.3 Å². The van der Waals surface area contributed by atoms with Crippen LogP contribution < -0.4 is 0 Å². The van der Waals surface area contributed by atoms with E-state index in [0.717, 1.165) is 34.7 Å². The van der Waals surface area contributed by atoms with E-state index in [1.54, 1.807) is 24.3 Å². The molecular weight excluding hydrogens is 458 g/mol. The number of hydrogen-bond donors (Lipinski definition) is 0. The van der Waals surface area contributed by atoms with Crippen LogP contribution >= 0.6 is 11.3 Å².